The Labute approximate surface area is 369 Å². The van der Waals surface area contributed by atoms with Crippen LogP contribution in [0.5, 0.6) is 0 Å². The molecule has 2 N–H and O–H groups in total. The number of likely N-dealkylation sites (N-methyl/N-ethyl adjacent to an activating group) is 1. The molecule has 13 nitrogen and oxygen atoms in total. The van der Waals surface area contributed by atoms with Crippen LogP contribution < -0.4 is 10.7 Å². The van der Waals surface area contributed by atoms with Crippen LogP contribution in [-0.2, 0) is 36.8 Å². The average Bonchev–Trinajstić information content (AvgIpc) is 3.50. The molecule has 3 saturated heterocycles. The van der Waals surface area contributed by atoms with Crippen LogP contribution in [0.25, 0.3) is 33.4 Å². The fourth-order valence-corrected chi connectivity index (χ4v) is 11.3. The first-order valence-corrected chi connectivity index (χ1v) is 22.9. The van der Waals surface area contributed by atoms with Gasteiger partial charge in [0, 0.05) is 83.8 Å². The summed E-state index contributed by atoms with van der Waals surface area (Å²) in [7, 11) is 3.65. The van der Waals surface area contributed by atoms with Gasteiger partial charge in [0.15, 0.2) is 0 Å². The van der Waals surface area contributed by atoms with E-state index in [2.05, 4.69) is 32.6 Å². The van der Waals surface area contributed by atoms with Crippen LogP contribution in [0.3, 0.4) is 0 Å². The van der Waals surface area contributed by atoms with Gasteiger partial charge in [-0.25, -0.2) is 10.4 Å². The molecule has 1 unspecified atom stereocenters. The summed E-state index contributed by atoms with van der Waals surface area (Å²) in [6.45, 7) is 11.1. The monoisotopic (exact) mass is 890 g/mol. The van der Waals surface area contributed by atoms with E-state index in [4.69, 9.17) is 14.5 Å². The number of likely N-dealkylation sites (tertiary alicyclic amines) is 2. The number of ether oxygens (including phenoxy) is 2. The van der Waals surface area contributed by atoms with Crippen molar-refractivity contribution >= 4 is 40.0 Å². The number of carbonyl (C=O) groups is 3. The smallest absolute Gasteiger partial charge is 0.406 e. The van der Waals surface area contributed by atoms with Crippen molar-refractivity contribution in [3.63, 3.8) is 0 Å². The molecule has 1 aromatic carbocycles. The molecule has 4 aromatic rings. The molecule has 2 amide bonds. The van der Waals surface area contributed by atoms with Gasteiger partial charge in [-0.1, -0.05) is 33.8 Å². The van der Waals surface area contributed by atoms with Crippen molar-refractivity contribution < 1.29 is 37.0 Å². The van der Waals surface area contributed by atoms with Gasteiger partial charge in [-0.15, -0.1) is 11.3 Å². The zero-order valence-electron chi connectivity index (χ0n) is 36.9. The number of amides is 2. The second kappa shape index (κ2) is 16.2. The molecular weight excluding hydrogens is 834 g/mol. The predicted octanol–water partition coefficient (Wildman–Crippen LogP) is 6.54. The fourth-order valence-electron chi connectivity index (χ4n) is 10.3. The van der Waals surface area contributed by atoms with E-state index < -0.39 is 48.3 Å². The fraction of sp³-hybridized carbons (Fsp3) is 0.587. The minimum atomic E-state index is -4.56. The largest absolute Gasteiger partial charge is 0.464 e. The lowest BCUT2D eigenvalue weighted by molar-refractivity contribution is -0.159. The molecule has 5 aliphatic rings. The quantitative estimate of drug-likeness (QED) is 0.197. The van der Waals surface area contributed by atoms with Crippen molar-refractivity contribution in [1.29, 1.82) is 0 Å². The lowest BCUT2D eigenvalue weighted by Crippen LogP contribution is -2.77. The summed E-state index contributed by atoms with van der Waals surface area (Å²) in [6.07, 6.45) is -1.26. The number of hydrogen-bond donors (Lipinski definition) is 2. The third-order valence-electron chi connectivity index (χ3n) is 14.5. The van der Waals surface area contributed by atoms with Crippen LogP contribution in [0.1, 0.15) is 82.3 Å². The van der Waals surface area contributed by atoms with E-state index in [1.165, 1.54) is 28.0 Å². The van der Waals surface area contributed by atoms with Crippen molar-refractivity contribution in [3.8, 4) is 22.5 Å². The highest BCUT2D eigenvalue weighted by atomic mass is 32.1. The normalized spacial score (nSPS) is 27.9. The number of esters is 1. The summed E-state index contributed by atoms with van der Waals surface area (Å²) in [5.41, 5.74) is 6.11. The molecule has 4 fully saturated rings. The molecule has 1 spiro atoms. The summed E-state index contributed by atoms with van der Waals surface area (Å²) >= 11 is 1.40. The SMILES string of the molecule is CO[C@@H](C)c1ncccc1-c1c2c3cc(ccc3n1CC(F)(F)F)-c1csc(n1)[C@@H](N1CC3(CCN3C)C1)[C@H](NC(=O)C1[C@@H](C)[C@H]1C)C(=O)N1CCC[C@H](N1)C(=O)OCC(C)(C)C2. The summed E-state index contributed by atoms with van der Waals surface area (Å²) in [4.78, 5) is 57.4. The molecule has 17 heteroatoms. The average molecular weight is 891 g/mol. The number of hydrazine groups is 1. The number of rotatable bonds is 7. The molecule has 0 radical (unpaired) electrons. The number of alkyl halides is 3. The second-order valence-corrected chi connectivity index (χ2v) is 20.3. The summed E-state index contributed by atoms with van der Waals surface area (Å²) in [5, 5.41) is 7.85. The van der Waals surface area contributed by atoms with E-state index in [0.717, 1.165) is 13.0 Å². The Morgan fingerprint density at radius 3 is 2.57 bits per heavy atom. The Morgan fingerprint density at radius 1 is 1.14 bits per heavy atom. The topological polar surface area (TPSA) is 134 Å². The number of halogens is 3. The maximum Gasteiger partial charge on any atom is 0.406 e. The molecule has 7 heterocycles. The number of carbonyl (C=O) groups excluding carboxylic acids is 3. The Bertz CT molecular complexity index is 2420. The van der Waals surface area contributed by atoms with Gasteiger partial charge in [0.25, 0.3) is 5.91 Å². The highest BCUT2D eigenvalue weighted by molar-refractivity contribution is 7.10. The second-order valence-electron chi connectivity index (χ2n) is 19.4. The third-order valence-corrected chi connectivity index (χ3v) is 15.4. The Morgan fingerprint density at radius 2 is 1.90 bits per heavy atom. The Hall–Kier alpha value is -4.42. The zero-order chi connectivity index (χ0) is 44.7. The number of cyclic esters (lactones) is 1. The van der Waals surface area contributed by atoms with Crippen molar-refractivity contribution in [1.82, 2.24) is 40.1 Å². The molecule has 3 aromatic heterocycles. The maximum absolute atomic E-state index is 15.0. The first-order chi connectivity index (χ1) is 29.9. The summed E-state index contributed by atoms with van der Waals surface area (Å²) in [5.74, 6) is -0.943. The number of nitrogens with zero attached hydrogens (tertiary/aromatic N) is 6. The highest BCUT2D eigenvalue weighted by Crippen LogP contribution is 2.48. The van der Waals surface area contributed by atoms with Crippen LogP contribution in [0.4, 0.5) is 13.2 Å². The predicted molar refractivity (Wildman–Crippen MR) is 232 cm³/mol. The highest BCUT2D eigenvalue weighted by Gasteiger charge is 2.57. The van der Waals surface area contributed by atoms with Gasteiger partial charge in [0.05, 0.1) is 35.8 Å². The number of methoxy groups -OCH3 is 1. The van der Waals surface area contributed by atoms with Crippen LogP contribution in [0.15, 0.2) is 41.9 Å². The van der Waals surface area contributed by atoms with Gasteiger partial charge in [0.2, 0.25) is 5.91 Å². The van der Waals surface area contributed by atoms with Gasteiger partial charge in [-0.2, -0.15) is 13.2 Å². The van der Waals surface area contributed by atoms with Gasteiger partial charge in [-0.05, 0) is 81.3 Å². The van der Waals surface area contributed by atoms with Crippen LogP contribution in [0, 0.1) is 23.2 Å². The minimum absolute atomic E-state index is 0.0207. The summed E-state index contributed by atoms with van der Waals surface area (Å²) < 4.78 is 57.2. The van der Waals surface area contributed by atoms with Gasteiger partial charge in [0.1, 0.15) is 23.6 Å². The van der Waals surface area contributed by atoms with E-state index in [0.29, 0.717) is 82.2 Å². The van der Waals surface area contributed by atoms with Gasteiger partial charge < -0.3 is 19.4 Å². The van der Waals surface area contributed by atoms with E-state index in [-0.39, 0.29) is 48.1 Å². The van der Waals surface area contributed by atoms with E-state index >= 15 is 4.79 Å². The Balaban J connectivity index is 1.22. The van der Waals surface area contributed by atoms with Gasteiger partial charge in [-0.3, -0.25) is 34.2 Å². The van der Waals surface area contributed by atoms with E-state index in [1.807, 2.05) is 46.1 Å². The number of benzene rings is 1. The van der Waals surface area contributed by atoms with Crippen molar-refractivity contribution in [2.75, 3.05) is 46.9 Å². The van der Waals surface area contributed by atoms with Crippen molar-refractivity contribution in [2.45, 2.75) is 103 Å². The van der Waals surface area contributed by atoms with E-state index in [9.17, 15) is 22.8 Å². The Kier molecular flexibility index (Phi) is 11.3. The van der Waals surface area contributed by atoms with Crippen molar-refractivity contribution in [3.05, 3.63) is 58.2 Å². The molecule has 9 rings (SSSR count). The molecule has 338 valence electrons. The number of pyridine rings is 1. The number of fused-ring (bicyclic) bond motifs is 6. The molecular formula is C46H57F3N8O5S. The number of thiazole rings is 1. The first kappa shape index (κ1) is 43.8. The first-order valence-electron chi connectivity index (χ1n) is 22.0. The number of hydrogen-bond acceptors (Lipinski definition) is 11. The zero-order valence-corrected chi connectivity index (χ0v) is 37.7. The molecule has 1 saturated carbocycles. The lowest BCUT2D eigenvalue weighted by Gasteiger charge is -2.63. The van der Waals surface area contributed by atoms with Crippen LogP contribution in [0.2, 0.25) is 0 Å². The lowest BCUT2D eigenvalue weighted by atomic mass is 9.76. The molecule has 4 aliphatic heterocycles. The van der Waals surface area contributed by atoms with Gasteiger partial charge >= 0.3 is 12.1 Å². The molecule has 7 atom stereocenters. The molecule has 1 aliphatic carbocycles. The maximum atomic E-state index is 15.0. The van der Waals surface area contributed by atoms with Crippen LogP contribution >= 0.6 is 11.3 Å². The molecule has 6 bridgehead atoms. The third kappa shape index (κ3) is 8.06. The van der Waals surface area contributed by atoms with Crippen LogP contribution in [-0.4, -0.2) is 118 Å². The minimum Gasteiger partial charge on any atom is -0.464 e. The number of aromatic nitrogens is 3. The summed E-state index contributed by atoms with van der Waals surface area (Å²) in [6, 6.07) is 6.41. The van der Waals surface area contributed by atoms with E-state index in [1.54, 1.807) is 30.5 Å². The standard InChI is InChI=1S/C46H57F3N8O5S/c1-25-26(2)35(25)40(58)52-37-39(55-21-45(22-55)14-17-54(45)6)41-51-33(20-63-41)28-12-13-34-30(18-28)31(19-44(4,5)24-62-43(60)32-11-9-16-57(53-32)42(37)59)38(56(34)23-46(47,48)49)29-10-8-15-50-36(29)27(3)61-7/h8,10,12-13,15,18,20,25-27,32,35,37,39,53H,9,11,14,16-17,19,21-24H2,1-7H3,(H,52,58)/t25-,26+,27-,32-,35?,37-,39-/m0/s1. The molecule has 63 heavy (non-hydrogen) atoms. The van der Waals surface area contributed by atoms with Crippen molar-refractivity contribution in [2.24, 2.45) is 23.2 Å². The number of nitrogens with one attached hydrogen (secondary N) is 2.